The average molecular weight is 392 g/mol. The molecule has 1 aliphatic rings. The van der Waals surface area contributed by atoms with Crippen LogP contribution in [0.25, 0.3) is 6.08 Å². The summed E-state index contributed by atoms with van der Waals surface area (Å²) in [6.45, 7) is 1.69. The molecule has 144 valence electrons. The van der Waals surface area contributed by atoms with Crippen molar-refractivity contribution in [2.24, 2.45) is 0 Å². The summed E-state index contributed by atoms with van der Waals surface area (Å²) in [5.74, 6) is -1.39. The lowest BCUT2D eigenvalue weighted by Crippen LogP contribution is -2.08. The van der Waals surface area contributed by atoms with Gasteiger partial charge in [-0.05, 0) is 66.6 Å². The maximum absolute atomic E-state index is 13.4. The molecule has 4 rings (SSSR count). The monoisotopic (exact) mass is 392 g/mol. The Hall–Kier alpha value is -3.80. The number of esters is 1. The van der Waals surface area contributed by atoms with E-state index in [9.17, 15) is 18.4 Å². The van der Waals surface area contributed by atoms with Crippen LogP contribution in [0.2, 0.25) is 0 Å². The molecule has 29 heavy (non-hydrogen) atoms. The summed E-state index contributed by atoms with van der Waals surface area (Å²) >= 11 is 0. The number of allylic oxidation sites excluding steroid dienone is 1. The highest BCUT2D eigenvalue weighted by Crippen LogP contribution is 2.37. The molecule has 0 atom stereocenters. The number of rotatable bonds is 3. The molecular weight excluding hydrogens is 378 g/mol. The minimum atomic E-state index is -0.663. The van der Waals surface area contributed by atoms with Gasteiger partial charge in [-0.2, -0.15) is 0 Å². The van der Waals surface area contributed by atoms with Crippen LogP contribution in [-0.2, 0) is 0 Å². The topological polar surface area (TPSA) is 52.6 Å². The van der Waals surface area contributed by atoms with Gasteiger partial charge in [0, 0.05) is 6.07 Å². The summed E-state index contributed by atoms with van der Waals surface area (Å²) < 4.78 is 37.3. The van der Waals surface area contributed by atoms with Crippen molar-refractivity contribution in [2.75, 3.05) is 0 Å². The Labute approximate surface area is 165 Å². The third-order valence-electron chi connectivity index (χ3n) is 4.38. The molecule has 0 saturated heterocycles. The molecule has 0 unspecified atom stereocenters. The van der Waals surface area contributed by atoms with Gasteiger partial charge in [0.2, 0.25) is 5.78 Å². The zero-order valence-electron chi connectivity index (χ0n) is 15.2. The van der Waals surface area contributed by atoms with Gasteiger partial charge >= 0.3 is 5.97 Å². The smallest absolute Gasteiger partial charge is 0.343 e. The number of carbonyl (C=O) groups excluding carboxylic acids is 2. The van der Waals surface area contributed by atoms with Crippen molar-refractivity contribution >= 4 is 17.8 Å². The largest absolute Gasteiger partial charge is 0.452 e. The lowest BCUT2D eigenvalue weighted by Gasteiger charge is -2.07. The van der Waals surface area contributed by atoms with Crippen LogP contribution in [0.4, 0.5) is 8.78 Å². The van der Waals surface area contributed by atoms with Gasteiger partial charge in [0.25, 0.3) is 0 Å². The number of carbonyl (C=O) groups is 2. The molecule has 1 aliphatic heterocycles. The van der Waals surface area contributed by atoms with Crippen molar-refractivity contribution in [3.8, 4) is 11.5 Å². The Balaban J connectivity index is 1.60. The van der Waals surface area contributed by atoms with Crippen LogP contribution in [-0.4, -0.2) is 11.8 Å². The van der Waals surface area contributed by atoms with Crippen LogP contribution in [0.15, 0.2) is 66.4 Å². The number of Topliss-reactive ketones (excluding diaryl/α,β-unsaturated/α-hetero) is 1. The van der Waals surface area contributed by atoms with Gasteiger partial charge in [0.1, 0.15) is 23.1 Å². The lowest BCUT2D eigenvalue weighted by molar-refractivity contribution is 0.0734. The van der Waals surface area contributed by atoms with Crippen molar-refractivity contribution in [3.63, 3.8) is 0 Å². The van der Waals surface area contributed by atoms with E-state index in [0.717, 1.165) is 12.1 Å². The summed E-state index contributed by atoms with van der Waals surface area (Å²) in [7, 11) is 0. The fourth-order valence-electron chi connectivity index (χ4n) is 3.04. The molecule has 0 spiro atoms. The zero-order valence-corrected chi connectivity index (χ0v) is 15.2. The number of halogens is 2. The summed E-state index contributed by atoms with van der Waals surface area (Å²) in [4.78, 5) is 24.9. The van der Waals surface area contributed by atoms with E-state index in [4.69, 9.17) is 9.47 Å². The summed E-state index contributed by atoms with van der Waals surface area (Å²) in [6, 6.07) is 13.7. The molecule has 4 nitrogen and oxygen atoms in total. The standard InChI is InChI=1S/C23H14F2O4/c1-13-9-18(28-23(27)15-5-7-16(24)8-6-15)12-19-21(13)22(26)20(29-19)11-14-3-2-4-17(25)10-14/h2-12H,1H3/b20-11-. The van der Waals surface area contributed by atoms with Crippen molar-refractivity contribution in [2.45, 2.75) is 6.92 Å². The van der Waals surface area contributed by atoms with Crippen LogP contribution >= 0.6 is 0 Å². The van der Waals surface area contributed by atoms with Gasteiger partial charge in [-0.25, -0.2) is 13.6 Å². The van der Waals surface area contributed by atoms with Crippen LogP contribution in [0.5, 0.6) is 11.5 Å². The first-order valence-electron chi connectivity index (χ1n) is 8.73. The number of hydrogen-bond donors (Lipinski definition) is 0. The number of aryl methyl sites for hydroxylation is 1. The predicted molar refractivity (Wildman–Crippen MR) is 102 cm³/mol. The van der Waals surface area contributed by atoms with E-state index >= 15 is 0 Å². The fourth-order valence-corrected chi connectivity index (χ4v) is 3.04. The molecule has 0 amide bonds. The van der Waals surface area contributed by atoms with E-state index in [1.54, 1.807) is 19.1 Å². The number of ketones is 1. The molecule has 0 fully saturated rings. The maximum atomic E-state index is 13.4. The first-order valence-corrected chi connectivity index (χ1v) is 8.73. The summed E-state index contributed by atoms with van der Waals surface area (Å²) in [5.41, 5.74) is 1.60. The lowest BCUT2D eigenvalue weighted by atomic mass is 10.0. The first kappa shape index (κ1) is 18.6. The molecule has 0 radical (unpaired) electrons. The average Bonchev–Trinajstić information content (AvgIpc) is 2.98. The molecule has 0 N–H and O–H groups in total. The van der Waals surface area contributed by atoms with Crippen molar-refractivity contribution in [1.29, 1.82) is 0 Å². The van der Waals surface area contributed by atoms with E-state index in [-0.39, 0.29) is 28.6 Å². The van der Waals surface area contributed by atoms with E-state index in [1.165, 1.54) is 42.5 Å². The van der Waals surface area contributed by atoms with Gasteiger partial charge in [-0.1, -0.05) is 12.1 Å². The second-order valence-electron chi connectivity index (χ2n) is 6.50. The molecule has 0 bridgehead atoms. The van der Waals surface area contributed by atoms with E-state index in [0.29, 0.717) is 16.7 Å². The Morgan fingerprint density at radius 1 is 1.00 bits per heavy atom. The minimum Gasteiger partial charge on any atom is -0.452 e. The maximum Gasteiger partial charge on any atom is 0.343 e. The van der Waals surface area contributed by atoms with Crippen LogP contribution < -0.4 is 9.47 Å². The van der Waals surface area contributed by atoms with Crippen molar-refractivity contribution < 1.29 is 27.8 Å². The Bertz CT molecular complexity index is 1160. The Morgan fingerprint density at radius 3 is 2.48 bits per heavy atom. The Kier molecular flexibility index (Phi) is 4.68. The summed E-state index contributed by atoms with van der Waals surface area (Å²) in [5, 5.41) is 0. The van der Waals surface area contributed by atoms with Gasteiger partial charge in [0.15, 0.2) is 5.76 Å². The molecule has 0 saturated carbocycles. The van der Waals surface area contributed by atoms with Gasteiger partial charge in [-0.3, -0.25) is 4.79 Å². The second kappa shape index (κ2) is 7.31. The van der Waals surface area contributed by atoms with Gasteiger partial charge in [0.05, 0.1) is 11.1 Å². The molecule has 3 aromatic rings. The molecular formula is C23H14F2O4. The molecule has 0 aromatic heterocycles. The van der Waals surface area contributed by atoms with Crippen molar-refractivity contribution in [1.82, 2.24) is 0 Å². The van der Waals surface area contributed by atoms with Gasteiger partial charge < -0.3 is 9.47 Å². The van der Waals surface area contributed by atoms with E-state index < -0.39 is 17.6 Å². The quantitative estimate of drug-likeness (QED) is 0.353. The summed E-state index contributed by atoms with van der Waals surface area (Å²) in [6.07, 6.45) is 1.45. The number of fused-ring (bicyclic) bond motifs is 1. The highest BCUT2D eigenvalue weighted by atomic mass is 19.1. The molecule has 3 aromatic carbocycles. The highest BCUT2D eigenvalue weighted by molar-refractivity contribution is 6.15. The third-order valence-corrected chi connectivity index (χ3v) is 4.38. The highest BCUT2D eigenvalue weighted by Gasteiger charge is 2.30. The predicted octanol–water partition coefficient (Wildman–Crippen LogP) is 5.11. The molecule has 6 heteroatoms. The number of hydrogen-bond acceptors (Lipinski definition) is 4. The second-order valence-corrected chi connectivity index (χ2v) is 6.50. The molecule has 0 aliphatic carbocycles. The fraction of sp³-hybridized carbons (Fsp3) is 0.0435. The minimum absolute atomic E-state index is 0.0516. The number of benzene rings is 3. The zero-order chi connectivity index (χ0) is 20.5. The van der Waals surface area contributed by atoms with E-state index in [1.807, 2.05) is 0 Å². The van der Waals surface area contributed by atoms with Crippen molar-refractivity contribution in [3.05, 3.63) is 100 Å². The Morgan fingerprint density at radius 2 is 1.76 bits per heavy atom. The van der Waals surface area contributed by atoms with E-state index in [2.05, 4.69) is 0 Å². The van der Waals surface area contributed by atoms with Crippen LogP contribution in [0.3, 0.4) is 0 Å². The van der Waals surface area contributed by atoms with Gasteiger partial charge in [-0.15, -0.1) is 0 Å². The first-order chi connectivity index (χ1) is 13.9. The normalized spacial score (nSPS) is 13.9. The van der Waals surface area contributed by atoms with Crippen LogP contribution in [0.1, 0.15) is 31.8 Å². The molecule has 1 heterocycles. The SMILES string of the molecule is Cc1cc(OC(=O)c2ccc(F)cc2)cc2c1C(=O)/C(=C/c1cccc(F)c1)O2. The third kappa shape index (κ3) is 3.78. The number of ether oxygens (including phenoxy) is 2. The van der Waals surface area contributed by atoms with Crippen LogP contribution in [0, 0.1) is 18.6 Å².